The van der Waals surface area contributed by atoms with Crippen LogP contribution in [-0.2, 0) is 11.3 Å². The molecule has 0 unspecified atom stereocenters. The SMILES string of the molecule is C=CCn1c(SCC(=O)NC)nnc1-c1ccc(OC)cc1. The molecule has 7 heteroatoms. The monoisotopic (exact) mass is 318 g/mol. The minimum atomic E-state index is -0.0517. The first kappa shape index (κ1) is 16.1. The number of rotatable bonds is 7. The first-order valence-corrected chi connectivity index (χ1v) is 7.70. The summed E-state index contributed by atoms with van der Waals surface area (Å²) in [6, 6.07) is 7.60. The third-order valence-electron chi connectivity index (χ3n) is 2.99. The molecule has 2 aromatic rings. The van der Waals surface area contributed by atoms with E-state index in [1.54, 1.807) is 20.2 Å². The number of carbonyl (C=O) groups is 1. The highest BCUT2D eigenvalue weighted by molar-refractivity contribution is 7.99. The van der Waals surface area contributed by atoms with Gasteiger partial charge in [0.1, 0.15) is 5.75 Å². The number of hydrogen-bond acceptors (Lipinski definition) is 5. The minimum Gasteiger partial charge on any atom is -0.497 e. The average molecular weight is 318 g/mol. The molecule has 0 saturated carbocycles. The van der Waals surface area contributed by atoms with Gasteiger partial charge in [-0.15, -0.1) is 16.8 Å². The quantitative estimate of drug-likeness (QED) is 0.624. The number of carbonyl (C=O) groups excluding carboxylic acids is 1. The van der Waals surface area contributed by atoms with Crippen LogP contribution in [0.1, 0.15) is 0 Å². The van der Waals surface area contributed by atoms with Crippen molar-refractivity contribution in [2.24, 2.45) is 0 Å². The Hall–Kier alpha value is -2.28. The van der Waals surface area contributed by atoms with Crippen molar-refractivity contribution in [2.45, 2.75) is 11.7 Å². The summed E-state index contributed by atoms with van der Waals surface area (Å²) in [5.41, 5.74) is 0.932. The zero-order valence-corrected chi connectivity index (χ0v) is 13.4. The summed E-state index contributed by atoms with van der Waals surface area (Å²) in [5, 5.41) is 11.7. The van der Waals surface area contributed by atoms with Gasteiger partial charge in [0.25, 0.3) is 0 Å². The molecule has 22 heavy (non-hydrogen) atoms. The van der Waals surface area contributed by atoms with Crippen molar-refractivity contribution in [3.63, 3.8) is 0 Å². The fourth-order valence-corrected chi connectivity index (χ4v) is 2.67. The van der Waals surface area contributed by atoms with Gasteiger partial charge in [-0.1, -0.05) is 17.8 Å². The molecule has 0 aliphatic rings. The van der Waals surface area contributed by atoms with Gasteiger partial charge in [-0.3, -0.25) is 9.36 Å². The van der Waals surface area contributed by atoms with E-state index in [0.717, 1.165) is 17.1 Å². The average Bonchev–Trinajstić information content (AvgIpc) is 2.96. The van der Waals surface area contributed by atoms with E-state index < -0.39 is 0 Å². The highest BCUT2D eigenvalue weighted by atomic mass is 32.2. The molecular weight excluding hydrogens is 300 g/mol. The maximum absolute atomic E-state index is 11.4. The molecule has 1 heterocycles. The van der Waals surface area contributed by atoms with Gasteiger partial charge in [-0.05, 0) is 24.3 Å². The summed E-state index contributed by atoms with van der Waals surface area (Å²) in [6.45, 7) is 4.34. The number of benzene rings is 1. The van der Waals surface area contributed by atoms with Crippen LogP contribution in [0, 0.1) is 0 Å². The third kappa shape index (κ3) is 3.67. The van der Waals surface area contributed by atoms with Crippen LogP contribution in [-0.4, -0.2) is 40.6 Å². The van der Waals surface area contributed by atoms with E-state index in [1.807, 2.05) is 28.8 Å². The van der Waals surface area contributed by atoms with E-state index in [1.165, 1.54) is 11.8 Å². The summed E-state index contributed by atoms with van der Waals surface area (Å²) in [5.74, 6) is 1.77. The fraction of sp³-hybridized carbons (Fsp3) is 0.267. The van der Waals surface area contributed by atoms with Crippen molar-refractivity contribution in [1.82, 2.24) is 20.1 Å². The van der Waals surface area contributed by atoms with Crippen LogP contribution in [0.4, 0.5) is 0 Å². The van der Waals surface area contributed by atoms with Gasteiger partial charge in [0.2, 0.25) is 5.91 Å². The summed E-state index contributed by atoms with van der Waals surface area (Å²) >= 11 is 1.35. The summed E-state index contributed by atoms with van der Waals surface area (Å²) in [6.07, 6.45) is 1.78. The molecule has 0 radical (unpaired) electrons. The van der Waals surface area contributed by atoms with E-state index in [0.29, 0.717) is 17.5 Å². The molecule has 0 bridgehead atoms. The second-order valence-corrected chi connectivity index (χ2v) is 5.34. The normalized spacial score (nSPS) is 10.3. The summed E-state index contributed by atoms with van der Waals surface area (Å²) < 4.78 is 7.09. The molecule has 0 aliphatic carbocycles. The third-order valence-corrected chi connectivity index (χ3v) is 3.95. The number of nitrogens with zero attached hydrogens (tertiary/aromatic N) is 3. The largest absolute Gasteiger partial charge is 0.497 e. The zero-order valence-electron chi connectivity index (χ0n) is 12.6. The second-order valence-electron chi connectivity index (χ2n) is 4.40. The number of methoxy groups -OCH3 is 1. The van der Waals surface area contributed by atoms with Crippen molar-refractivity contribution in [2.75, 3.05) is 19.9 Å². The lowest BCUT2D eigenvalue weighted by molar-refractivity contribution is -0.118. The Bertz CT molecular complexity index is 652. The second kappa shape index (κ2) is 7.65. The molecule has 0 spiro atoms. The lowest BCUT2D eigenvalue weighted by Crippen LogP contribution is -2.20. The predicted octanol–water partition coefficient (Wildman–Crippen LogP) is 1.98. The first-order valence-electron chi connectivity index (χ1n) is 6.71. The van der Waals surface area contributed by atoms with E-state index in [2.05, 4.69) is 22.1 Å². The van der Waals surface area contributed by atoms with Crippen molar-refractivity contribution in [3.05, 3.63) is 36.9 Å². The Kier molecular flexibility index (Phi) is 5.60. The van der Waals surface area contributed by atoms with Gasteiger partial charge in [-0.2, -0.15) is 0 Å². The molecular formula is C15H18N4O2S. The fourth-order valence-electron chi connectivity index (χ4n) is 1.85. The van der Waals surface area contributed by atoms with Crippen LogP contribution in [0.5, 0.6) is 5.75 Å². The Labute approximate surface area is 133 Å². The first-order chi connectivity index (χ1) is 10.7. The van der Waals surface area contributed by atoms with E-state index >= 15 is 0 Å². The number of thioether (sulfide) groups is 1. The molecule has 2 rings (SSSR count). The molecule has 1 amide bonds. The van der Waals surface area contributed by atoms with Crippen LogP contribution in [0.25, 0.3) is 11.4 Å². The Morgan fingerprint density at radius 2 is 2.14 bits per heavy atom. The standard InChI is InChI=1S/C15H18N4O2S/c1-4-9-19-14(11-5-7-12(21-3)8-6-11)17-18-15(19)22-10-13(20)16-2/h4-8H,1,9-10H2,2-3H3,(H,16,20). The molecule has 1 aromatic heterocycles. The van der Waals surface area contributed by atoms with Gasteiger partial charge in [-0.25, -0.2) is 0 Å². The molecule has 1 aromatic carbocycles. The highest BCUT2D eigenvalue weighted by Gasteiger charge is 2.14. The lowest BCUT2D eigenvalue weighted by atomic mass is 10.2. The van der Waals surface area contributed by atoms with Gasteiger partial charge in [0.15, 0.2) is 11.0 Å². The Balaban J connectivity index is 2.28. The molecule has 0 saturated heterocycles. The highest BCUT2D eigenvalue weighted by Crippen LogP contribution is 2.25. The summed E-state index contributed by atoms with van der Waals surface area (Å²) in [7, 11) is 3.24. The molecule has 0 fully saturated rings. The van der Waals surface area contributed by atoms with Crippen molar-refractivity contribution >= 4 is 17.7 Å². The number of ether oxygens (including phenoxy) is 1. The van der Waals surface area contributed by atoms with Gasteiger partial charge in [0.05, 0.1) is 12.9 Å². The van der Waals surface area contributed by atoms with Crippen LogP contribution in [0.2, 0.25) is 0 Å². The van der Waals surface area contributed by atoms with Gasteiger partial charge >= 0.3 is 0 Å². The predicted molar refractivity (Wildman–Crippen MR) is 87.0 cm³/mol. The maximum atomic E-state index is 11.4. The number of amides is 1. The minimum absolute atomic E-state index is 0.0517. The molecule has 6 nitrogen and oxygen atoms in total. The zero-order chi connectivity index (χ0) is 15.9. The van der Waals surface area contributed by atoms with Gasteiger partial charge in [0, 0.05) is 19.2 Å². The molecule has 116 valence electrons. The van der Waals surface area contributed by atoms with Crippen molar-refractivity contribution in [3.8, 4) is 17.1 Å². The molecule has 0 aliphatic heterocycles. The van der Waals surface area contributed by atoms with Crippen molar-refractivity contribution in [1.29, 1.82) is 0 Å². The Morgan fingerprint density at radius 1 is 1.41 bits per heavy atom. The summed E-state index contributed by atoms with van der Waals surface area (Å²) in [4.78, 5) is 11.4. The lowest BCUT2D eigenvalue weighted by Gasteiger charge is -2.08. The van der Waals surface area contributed by atoms with Crippen LogP contribution < -0.4 is 10.1 Å². The number of aromatic nitrogens is 3. The van der Waals surface area contributed by atoms with E-state index in [-0.39, 0.29) is 5.91 Å². The number of nitrogens with one attached hydrogen (secondary N) is 1. The smallest absolute Gasteiger partial charge is 0.230 e. The Morgan fingerprint density at radius 3 is 2.73 bits per heavy atom. The van der Waals surface area contributed by atoms with Crippen LogP contribution >= 0.6 is 11.8 Å². The molecule has 0 atom stereocenters. The van der Waals surface area contributed by atoms with E-state index in [9.17, 15) is 4.79 Å². The van der Waals surface area contributed by atoms with E-state index in [4.69, 9.17) is 4.74 Å². The van der Waals surface area contributed by atoms with Crippen LogP contribution in [0.3, 0.4) is 0 Å². The number of hydrogen-bond donors (Lipinski definition) is 1. The maximum Gasteiger partial charge on any atom is 0.230 e. The molecule has 1 N–H and O–H groups in total. The van der Waals surface area contributed by atoms with Gasteiger partial charge < -0.3 is 10.1 Å². The van der Waals surface area contributed by atoms with Crippen LogP contribution in [0.15, 0.2) is 42.1 Å². The topological polar surface area (TPSA) is 69.0 Å². The van der Waals surface area contributed by atoms with Crippen molar-refractivity contribution < 1.29 is 9.53 Å². The number of allylic oxidation sites excluding steroid dienone is 1.